The third-order valence-corrected chi connectivity index (χ3v) is 0. The summed E-state index contributed by atoms with van der Waals surface area (Å²) in [4.78, 5) is 0. The molecule has 0 unspecified atom stereocenters. The van der Waals surface area contributed by atoms with Gasteiger partial charge in [-0.05, 0) is 0 Å². The minimum absolute atomic E-state index is 0.833. The van der Waals surface area contributed by atoms with Crippen LogP contribution in [0.2, 0.25) is 26.2 Å². The third kappa shape index (κ3) is 441. The Balaban J connectivity index is 3.02. The van der Waals surface area contributed by atoms with Gasteiger partial charge in [-0.3, -0.25) is 0 Å². The molecule has 0 saturated carbocycles. The van der Waals surface area contributed by atoms with E-state index in [0.29, 0.717) is 0 Å². The van der Waals surface area contributed by atoms with Gasteiger partial charge in [0.2, 0.25) is 0 Å². The average molecular weight is 89.2 g/mol. The molecule has 0 amide bonds. The van der Waals surface area contributed by atoms with Crippen LogP contribution in [0.15, 0.2) is 0 Å². The predicted octanol–water partition coefficient (Wildman–Crippen LogP) is 1.69. The van der Waals surface area contributed by atoms with Gasteiger partial charge in [-0.2, -0.15) is 0 Å². The zero-order valence-electron chi connectivity index (χ0n) is 4.58. The summed E-state index contributed by atoms with van der Waals surface area (Å²) >= 11 is 0. The fourth-order valence-corrected chi connectivity index (χ4v) is 0. The molecule has 1 heteroatoms. The Labute approximate surface area is 35.2 Å². The van der Waals surface area contributed by atoms with Gasteiger partial charge in [-0.25, -0.2) is 0 Å². The van der Waals surface area contributed by atoms with Crippen LogP contribution in [0.1, 0.15) is 0 Å². The molecule has 0 fully saturated rings. The van der Waals surface area contributed by atoms with Crippen LogP contribution in [-0.4, -0.2) is 8.07 Å². The van der Waals surface area contributed by atoms with Crippen LogP contribution < -0.4 is 0 Å². The molecule has 0 bridgehead atoms. The van der Waals surface area contributed by atoms with Crippen molar-refractivity contribution >= 4 is 8.07 Å². The van der Waals surface area contributed by atoms with Crippen LogP contribution in [0, 0.1) is 0 Å². The Morgan fingerprint density at radius 3 is 0.800 bits per heavy atom. The van der Waals surface area contributed by atoms with E-state index in [1.807, 2.05) is 0 Å². The summed E-state index contributed by atoms with van der Waals surface area (Å²) in [6.45, 7) is 9.42. The molecule has 0 atom stereocenters. The number of hydrogen-bond acceptors (Lipinski definition) is 0. The van der Waals surface area contributed by atoms with Crippen molar-refractivity contribution in [2.75, 3.05) is 0 Å². The first-order valence-electron chi connectivity index (χ1n) is 2.31. The van der Waals surface area contributed by atoms with E-state index in [2.05, 4.69) is 26.2 Å². The SMILES string of the molecule is C[SiH-](C)(C)C. The van der Waals surface area contributed by atoms with Crippen LogP contribution in [0.3, 0.4) is 0 Å². The normalized spacial score (nSPS) is 15.2. The summed E-state index contributed by atoms with van der Waals surface area (Å²) in [7, 11) is -0.833. The zero-order chi connectivity index (χ0) is 4.50. The first-order valence-corrected chi connectivity index (χ1v) is 6.93. The van der Waals surface area contributed by atoms with Gasteiger partial charge in [0.05, 0.1) is 0 Å². The van der Waals surface area contributed by atoms with E-state index in [9.17, 15) is 0 Å². The van der Waals surface area contributed by atoms with Crippen molar-refractivity contribution in [1.29, 1.82) is 0 Å². The van der Waals surface area contributed by atoms with E-state index in [1.165, 1.54) is 0 Å². The van der Waals surface area contributed by atoms with Crippen LogP contribution in [0.5, 0.6) is 0 Å². The molecule has 0 aliphatic rings. The summed E-state index contributed by atoms with van der Waals surface area (Å²) in [5.74, 6) is 0. The number of rotatable bonds is 0. The van der Waals surface area contributed by atoms with Crippen molar-refractivity contribution in [2.45, 2.75) is 26.2 Å². The van der Waals surface area contributed by atoms with E-state index in [-0.39, 0.29) is 0 Å². The van der Waals surface area contributed by atoms with Gasteiger partial charge in [0.1, 0.15) is 0 Å². The van der Waals surface area contributed by atoms with Crippen molar-refractivity contribution in [3.05, 3.63) is 0 Å². The molecular weight excluding hydrogens is 76.1 g/mol. The van der Waals surface area contributed by atoms with E-state index >= 15 is 0 Å². The molecule has 34 valence electrons. The average Bonchev–Trinajstić information content (AvgIpc) is 0.722. The molecule has 0 aromatic carbocycles. The Morgan fingerprint density at radius 2 is 0.800 bits per heavy atom. The Bertz CT molecular complexity index is 19.1. The molecular formula is C4H13Si-. The van der Waals surface area contributed by atoms with E-state index in [0.717, 1.165) is 0 Å². The summed E-state index contributed by atoms with van der Waals surface area (Å²) in [6, 6.07) is 0. The van der Waals surface area contributed by atoms with E-state index in [1.54, 1.807) is 0 Å². The van der Waals surface area contributed by atoms with E-state index in [4.69, 9.17) is 0 Å². The molecule has 0 rings (SSSR count). The zero-order valence-corrected chi connectivity index (χ0v) is 5.73. The Morgan fingerprint density at radius 1 is 0.800 bits per heavy atom. The predicted molar refractivity (Wildman–Crippen MR) is 30.6 cm³/mol. The van der Waals surface area contributed by atoms with Gasteiger partial charge in [-0.15, -0.1) is 0 Å². The van der Waals surface area contributed by atoms with Gasteiger partial charge in [-0.1, -0.05) is 0 Å². The molecule has 0 aromatic heterocycles. The minimum atomic E-state index is -0.833. The van der Waals surface area contributed by atoms with Crippen LogP contribution >= 0.6 is 0 Å². The molecule has 0 aromatic rings. The van der Waals surface area contributed by atoms with Crippen molar-refractivity contribution in [3.63, 3.8) is 0 Å². The summed E-state index contributed by atoms with van der Waals surface area (Å²) < 4.78 is 0. The first kappa shape index (κ1) is 5.22. The molecule has 0 radical (unpaired) electrons. The fourth-order valence-electron chi connectivity index (χ4n) is 0. The van der Waals surface area contributed by atoms with Crippen molar-refractivity contribution in [1.82, 2.24) is 0 Å². The van der Waals surface area contributed by atoms with Crippen LogP contribution in [0.4, 0.5) is 0 Å². The van der Waals surface area contributed by atoms with Crippen LogP contribution in [0.25, 0.3) is 0 Å². The van der Waals surface area contributed by atoms with Gasteiger partial charge in [0, 0.05) is 0 Å². The van der Waals surface area contributed by atoms with Gasteiger partial charge in [0.25, 0.3) is 0 Å². The molecule has 5 heavy (non-hydrogen) atoms. The maximum absolute atomic E-state index is 2.35. The molecule has 0 aliphatic carbocycles. The summed E-state index contributed by atoms with van der Waals surface area (Å²) in [6.07, 6.45) is 0. The summed E-state index contributed by atoms with van der Waals surface area (Å²) in [5, 5.41) is 0. The molecule has 0 saturated heterocycles. The van der Waals surface area contributed by atoms with Gasteiger partial charge < -0.3 is 0 Å². The number of hydrogen-bond donors (Lipinski definition) is 0. The van der Waals surface area contributed by atoms with Crippen LogP contribution in [-0.2, 0) is 0 Å². The van der Waals surface area contributed by atoms with Crippen molar-refractivity contribution in [3.8, 4) is 0 Å². The Kier molecular flexibility index (Phi) is 1.18. The molecule has 0 N–H and O–H groups in total. The second-order valence-electron chi connectivity index (χ2n) is 3.46. The fraction of sp³-hybridized carbons (Fsp3) is 1.00. The standard InChI is InChI=1S/C4H13Si/c1-5(2,3)4/h5H,1-4H3/q-1. The monoisotopic (exact) mass is 89.1 g/mol. The third-order valence-electron chi connectivity index (χ3n) is 0. The maximum atomic E-state index is 2.35. The van der Waals surface area contributed by atoms with Gasteiger partial charge >= 0.3 is 34.3 Å². The molecule has 0 nitrogen and oxygen atoms in total. The van der Waals surface area contributed by atoms with Gasteiger partial charge in [0.15, 0.2) is 0 Å². The van der Waals surface area contributed by atoms with Crippen molar-refractivity contribution in [2.24, 2.45) is 0 Å². The molecule has 0 spiro atoms. The molecule has 0 heterocycles. The van der Waals surface area contributed by atoms with Crippen molar-refractivity contribution < 1.29 is 0 Å². The Hall–Kier alpha value is 0.217. The quantitative estimate of drug-likeness (QED) is 0.396. The second kappa shape index (κ2) is 1.13. The molecule has 0 aliphatic heterocycles. The topological polar surface area (TPSA) is 0 Å². The summed E-state index contributed by atoms with van der Waals surface area (Å²) in [5.41, 5.74) is 0. The first-order chi connectivity index (χ1) is 2.00. The second-order valence-corrected chi connectivity index (χ2v) is 10.4. The van der Waals surface area contributed by atoms with E-state index < -0.39 is 8.07 Å².